The molecule has 0 unspecified atom stereocenters. The summed E-state index contributed by atoms with van der Waals surface area (Å²) in [7, 11) is 2.20. The van der Waals surface area contributed by atoms with E-state index in [1.54, 1.807) is 0 Å². The van der Waals surface area contributed by atoms with Crippen LogP contribution in [0.4, 0.5) is 0 Å². The monoisotopic (exact) mass is 280 g/mol. The number of aromatic nitrogens is 1. The number of nitrogens with zero attached hydrogens (tertiary/aromatic N) is 2. The number of rotatable bonds is 2. The highest BCUT2D eigenvalue weighted by atomic mass is 16.4. The van der Waals surface area contributed by atoms with Gasteiger partial charge < -0.3 is 10.2 Å². The highest BCUT2D eigenvalue weighted by Crippen LogP contribution is 2.30. The molecule has 0 aromatic carbocycles. The molecular formula is C15H24N2O3. The molecule has 2 N–H and O–H groups in total. The number of hydrogen-bond acceptors (Lipinski definition) is 4. The fourth-order valence-corrected chi connectivity index (χ4v) is 2.18. The molecule has 0 aliphatic carbocycles. The first-order valence-corrected chi connectivity index (χ1v) is 6.87. The molecule has 1 saturated heterocycles. The lowest BCUT2D eigenvalue weighted by atomic mass is 10.0. The number of aryl methyl sites for hydroxylation is 2. The number of likely N-dealkylation sites (tertiary alicyclic amines) is 1. The fraction of sp³-hybridized carbons (Fsp3) is 0.600. The molecule has 0 amide bonds. The fourth-order valence-electron chi connectivity index (χ4n) is 2.18. The SMILES string of the molecule is C[C@H](O)C(=O)O.Cc1cc([C@@H]2CCCN2C)cnc1C. The van der Waals surface area contributed by atoms with Crippen molar-refractivity contribution in [2.75, 3.05) is 13.6 Å². The van der Waals surface area contributed by atoms with E-state index < -0.39 is 12.1 Å². The van der Waals surface area contributed by atoms with Gasteiger partial charge >= 0.3 is 5.97 Å². The van der Waals surface area contributed by atoms with Crippen LogP contribution >= 0.6 is 0 Å². The molecule has 2 heterocycles. The Morgan fingerprint density at radius 1 is 1.50 bits per heavy atom. The van der Waals surface area contributed by atoms with E-state index in [1.165, 1.54) is 37.4 Å². The summed E-state index contributed by atoms with van der Waals surface area (Å²) in [6, 6.07) is 2.89. The van der Waals surface area contributed by atoms with Gasteiger partial charge in [-0.1, -0.05) is 6.07 Å². The highest BCUT2D eigenvalue weighted by molar-refractivity contribution is 5.71. The van der Waals surface area contributed by atoms with Gasteiger partial charge in [0.2, 0.25) is 0 Å². The first-order valence-electron chi connectivity index (χ1n) is 6.87. The number of carboxylic acid groups (broad SMARTS) is 1. The van der Waals surface area contributed by atoms with E-state index >= 15 is 0 Å². The molecule has 0 saturated carbocycles. The zero-order valence-corrected chi connectivity index (χ0v) is 12.6. The standard InChI is InChI=1S/C12H18N2.C3H6O3/c1-9-7-11(8-13-10(9)2)12-5-4-6-14(12)3;1-2(4)3(5)6/h7-8,12H,4-6H2,1-3H3;2,4H,1H3,(H,5,6)/t12-;2-/m00/s1. The molecule has 112 valence electrons. The second kappa shape index (κ2) is 7.36. The van der Waals surface area contributed by atoms with Gasteiger partial charge in [-0.2, -0.15) is 0 Å². The van der Waals surface area contributed by atoms with Gasteiger partial charge in [0, 0.05) is 17.9 Å². The summed E-state index contributed by atoms with van der Waals surface area (Å²) in [5.41, 5.74) is 3.84. The molecule has 1 aromatic rings. The maximum atomic E-state index is 9.45. The zero-order valence-electron chi connectivity index (χ0n) is 12.6. The molecule has 0 radical (unpaired) electrons. The predicted octanol–water partition coefficient (Wildman–Crippen LogP) is 1.92. The lowest BCUT2D eigenvalue weighted by Crippen LogP contribution is -2.17. The smallest absolute Gasteiger partial charge is 0.332 e. The Morgan fingerprint density at radius 3 is 2.50 bits per heavy atom. The van der Waals surface area contributed by atoms with Crippen molar-refractivity contribution in [3.05, 3.63) is 29.1 Å². The molecule has 2 atom stereocenters. The van der Waals surface area contributed by atoms with E-state index in [2.05, 4.69) is 36.8 Å². The summed E-state index contributed by atoms with van der Waals surface area (Å²) in [5.74, 6) is -1.19. The largest absolute Gasteiger partial charge is 0.479 e. The van der Waals surface area contributed by atoms with Crippen LogP contribution in [-0.2, 0) is 4.79 Å². The van der Waals surface area contributed by atoms with Crippen molar-refractivity contribution in [3.63, 3.8) is 0 Å². The average molecular weight is 280 g/mol. The second-order valence-corrected chi connectivity index (χ2v) is 5.32. The molecule has 1 aliphatic rings. The zero-order chi connectivity index (χ0) is 15.3. The third-order valence-electron chi connectivity index (χ3n) is 3.62. The molecule has 5 nitrogen and oxygen atoms in total. The Morgan fingerprint density at radius 2 is 2.10 bits per heavy atom. The van der Waals surface area contributed by atoms with Crippen LogP contribution in [0.3, 0.4) is 0 Å². The average Bonchev–Trinajstić information content (AvgIpc) is 2.80. The first kappa shape index (κ1) is 16.6. The molecule has 5 heteroatoms. The van der Waals surface area contributed by atoms with E-state index in [0.717, 1.165) is 5.69 Å². The van der Waals surface area contributed by atoms with Gasteiger partial charge in [-0.05, 0) is 58.3 Å². The molecule has 0 bridgehead atoms. The van der Waals surface area contributed by atoms with Crippen LogP contribution in [0, 0.1) is 13.8 Å². The maximum Gasteiger partial charge on any atom is 0.332 e. The molecule has 1 fully saturated rings. The minimum atomic E-state index is -1.23. The summed E-state index contributed by atoms with van der Waals surface area (Å²) < 4.78 is 0. The van der Waals surface area contributed by atoms with Crippen LogP contribution in [-0.4, -0.2) is 45.8 Å². The Balaban J connectivity index is 0.000000286. The van der Waals surface area contributed by atoms with Crippen molar-refractivity contribution in [1.29, 1.82) is 0 Å². The number of carbonyl (C=O) groups is 1. The second-order valence-electron chi connectivity index (χ2n) is 5.32. The number of aliphatic hydroxyl groups is 1. The lowest BCUT2D eigenvalue weighted by molar-refractivity contribution is -0.145. The van der Waals surface area contributed by atoms with Gasteiger partial charge in [0.1, 0.15) is 6.10 Å². The summed E-state index contributed by atoms with van der Waals surface area (Å²) in [6.45, 7) is 6.62. The number of pyridine rings is 1. The molecule has 1 aliphatic heterocycles. The van der Waals surface area contributed by atoms with E-state index in [1.807, 2.05) is 6.20 Å². The number of carboxylic acids is 1. The van der Waals surface area contributed by atoms with Crippen molar-refractivity contribution >= 4 is 5.97 Å². The number of hydrogen-bond donors (Lipinski definition) is 2. The van der Waals surface area contributed by atoms with Crippen LogP contribution in [0.1, 0.15) is 42.6 Å². The van der Waals surface area contributed by atoms with Crippen molar-refractivity contribution in [3.8, 4) is 0 Å². The van der Waals surface area contributed by atoms with Gasteiger partial charge in [0.15, 0.2) is 0 Å². The third-order valence-corrected chi connectivity index (χ3v) is 3.62. The van der Waals surface area contributed by atoms with Crippen molar-refractivity contribution in [1.82, 2.24) is 9.88 Å². The molecule has 0 spiro atoms. The summed E-state index contributed by atoms with van der Waals surface area (Å²) in [5, 5.41) is 15.8. The summed E-state index contributed by atoms with van der Waals surface area (Å²) in [6.07, 6.45) is 3.40. The van der Waals surface area contributed by atoms with E-state index in [9.17, 15) is 4.79 Å². The molecule has 20 heavy (non-hydrogen) atoms. The number of aliphatic hydroxyl groups excluding tert-OH is 1. The van der Waals surface area contributed by atoms with Gasteiger partial charge in [0.05, 0.1) is 0 Å². The van der Waals surface area contributed by atoms with Crippen molar-refractivity contribution in [2.24, 2.45) is 0 Å². The normalized spacial score (nSPS) is 20.1. The predicted molar refractivity (Wildman–Crippen MR) is 77.6 cm³/mol. The van der Waals surface area contributed by atoms with Crippen LogP contribution in [0.2, 0.25) is 0 Å². The maximum absolute atomic E-state index is 9.45. The quantitative estimate of drug-likeness (QED) is 0.865. The minimum absolute atomic E-state index is 0.599. The Bertz CT molecular complexity index is 460. The van der Waals surface area contributed by atoms with Crippen LogP contribution < -0.4 is 0 Å². The highest BCUT2D eigenvalue weighted by Gasteiger charge is 2.22. The van der Waals surface area contributed by atoms with E-state index in [0.29, 0.717) is 6.04 Å². The number of aliphatic carboxylic acids is 1. The van der Waals surface area contributed by atoms with Gasteiger partial charge in [-0.15, -0.1) is 0 Å². The first-order chi connectivity index (χ1) is 9.32. The van der Waals surface area contributed by atoms with Crippen molar-refractivity contribution in [2.45, 2.75) is 45.8 Å². The topological polar surface area (TPSA) is 73.7 Å². The van der Waals surface area contributed by atoms with Crippen LogP contribution in [0.15, 0.2) is 12.3 Å². The summed E-state index contributed by atoms with van der Waals surface area (Å²) >= 11 is 0. The summed E-state index contributed by atoms with van der Waals surface area (Å²) in [4.78, 5) is 16.3. The van der Waals surface area contributed by atoms with Crippen molar-refractivity contribution < 1.29 is 15.0 Å². The van der Waals surface area contributed by atoms with Crippen LogP contribution in [0.25, 0.3) is 0 Å². The molecule has 2 rings (SSSR count). The Kier molecular flexibility index (Phi) is 6.10. The van der Waals surface area contributed by atoms with Gasteiger partial charge in [0.25, 0.3) is 0 Å². The van der Waals surface area contributed by atoms with Gasteiger partial charge in [-0.25, -0.2) is 4.79 Å². The van der Waals surface area contributed by atoms with E-state index in [4.69, 9.17) is 10.2 Å². The minimum Gasteiger partial charge on any atom is -0.479 e. The van der Waals surface area contributed by atoms with Gasteiger partial charge in [-0.3, -0.25) is 9.88 Å². The third kappa shape index (κ3) is 4.58. The molecule has 1 aromatic heterocycles. The lowest BCUT2D eigenvalue weighted by Gasteiger charge is -2.20. The Labute approximate surface area is 120 Å². The van der Waals surface area contributed by atoms with E-state index in [-0.39, 0.29) is 0 Å². The molecular weight excluding hydrogens is 256 g/mol. The Hall–Kier alpha value is -1.46. The van der Waals surface area contributed by atoms with Crippen LogP contribution in [0.5, 0.6) is 0 Å².